The van der Waals surface area contributed by atoms with E-state index in [0.29, 0.717) is 16.8 Å². The lowest BCUT2D eigenvalue weighted by atomic mass is 10.0. The summed E-state index contributed by atoms with van der Waals surface area (Å²) in [7, 11) is 0.875. The van der Waals surface area contributed by atoms with Crippen molar-refractivity contribution in [2.24, 2.45) is 0 Å². The molecule has 0 N–H and O–H groups in total. The molecule has 9 heteroatoms. The van der Waals surface area contributed by atoms with Gasteiger partial charge in [0.2, 0.25) is 5.82 Å². The van der Waals surface area contributed by atoms with Gasteiger partial charge in [0.15, 0.2) is 5.65 Å². The number of fused-ring (bicyclic) bond motifs is 1. The Morgan fingerprint density at radius 1 is 1.27 bits per heavy atom. The first-order valence-corrected chi connectivity index (χ1v) is 7.86. The number of alkyl halides is 4. The molecule has 4 rings (SSSR count). The number of aryl methyl sites for hydroxylation is 1. The molecule has 1 atom stereocenters. The Balaban J connectivity index is 1.76. The zero-order chi connectivity index (χ0) is 18.7. The highest BCUT2D eigenvalue weighted by molar-refractivity contribution is 5.64. The lowest BCUT2D eigenvalue weighted by Gasteiger charge is -2.12. The molecule has 1 saturated carbocycles. The normalized spacial score (nSPS) is 19.1. The van der Waals surface area contributed by atoms with Crippen LogP contribution in [0.15, 0.2) is 30.6 Å². The van der Waals surface area contributed by atoms with E-state index in [2.05, 4.69) is 19.9 Å². The molecule has 0 amide bonds. The van der Waals surface area contributed by atoms with Gasteiger partial charge in [0.25, 0.3) is 5.92 Å². The van der Waals surface area contributed by atoms with Crippen LogP contribution in [0, 0.1) is 6.92 Å². The molecular formula is C17H14F4N4O. The summed E-state index contributed by atoms with van der Waals surface area (Å²) in [6, 6.07) is 4.98. The zero-order valence-electron chi connectivity index (χ0n) is 13.9. The van der Waals surface area contributed by atoms with E-state index in [-0.39, 0.29) is 12.1 Å². The molecule has 1 aliphatic rings. The summed E-state index contributed by atoms with van der Waals surface area (Å²) in [6.45, 7) is 1.77. The molecule has 1 aliphatic carbocycles. The summed E-state index contributed by atoms with van der Waals surface area (Å²) < 4.78 is 59.5. The Labute approximate surface area is 145 Å². The maximum absolute atomic E-state index is 13.8. The summed E-state index contributed by atoms with van der Waals surface area (Å²) in [6.07, 6.45) is -1.05. The van der Waals surface area contributed by atoms with Crippen molar-refractivity contribution in [3.05, 3.63) is 47.5 Å². The fraction of sp³-hybridized carbons (Fsp3) is 0.353. The van der Waals surface area contributed by atoms with Crippen LogP contribution in [-0.4, -0.2) is 32.6 Å². The number of halogens is 4. The summed E-state index contributed by atoms with van der Waals surface area (Å²) >= 11 is 0. The third kappa shape index (κ3) is 2.63. The maximum Gasteiger partial charge on any atom is 0.417 e. The number of ether oxygens (including phenoxy) is 1. The largest absolute Gasteiger partial charge is 0.417 e. The van der Waals surface area contributed by atoms with Gasteiger partial charge in [-0.1, -0.05) is 18.2 Å². The van der Waals surface area contributed by atoms with Gasteiger partial charge < -0.3 is 4.74 Å². The van der Waals surface area contributed by atoms with Crippen molar-refractivity contribution in [2.45, 2.75) is 31.3 Å². The molecule has 0 saturated heterocycles. The number of hydrogen-bond acceptors (Lipinski definition) is 4. The van der Waals surface area contributed by atoms with Crippen LogP contribution in [0.2, 0.25) is 0 Å². The van der Waals surface area contributed by atoms with E-state index in [1.165, 1.54) is 12.4 Å². The van der Waals surface area contributed by atoms with E-state index in [4.69, 9.17) is 0 Å². The van der Waals surface area contributed by atoms with Gasteiger partial charge in [-0.2, -0.15) is 8.78 Å². The highest BCUT2D eigenvalue weighted by Crippen LogP contribution is 2.56. The van der Waals surface area contributed by atoms with Crippen LogP contribution in [-0.2, 0) is 10.8 Å². The van der Waals surface area contributed by atoms with Crippen LogP contribution in [0.3, 0.4) is 0 Å². The molecule has 26 heavy (non-hydrogen) atoms. The second-order valence-electron chi connectivity index (χ2n) is 6.34. The topological polar surface area (TPSA) is 52.3 Å². The standard InChI is InChI=1S/C17H14F4N4O/c1-9-5-10(12-6-16(12,18)19)3-4-11(9)13-8-25-14(7-22-13)23-24-15(25)17(20,21)26-2/h3-5,7-8,12H,6H2,1-2H3/t12-/m1/s1. The van der Waals surface area contributed by atoms with E-state index in [0.717, 1.165) is 17.1 Å². The molecular weight excluding hydrogens is 352 g/mol. The molecule has 2 heterocycles. The number of hydrogen-bond donors (Lipinski definition) is 0. The Morgan fingerprint density at radius 2 is 2.00 bits per heavy atom. The average Bonchev–Trinajstić information content (AvgIpc) is 3.04. The Morgan fingerprint density at radius 3 is 2.62 bits per heavy atom. The molecule has 2 aromatic heterocycles. The molecule has 136 valence electrons. The Kier molecular flexibility index (Phi) is 3.56. The Bertz CT molecular complexity index is 1000. The van der Waals surface area contributed by atoms with Crippen LogP contribution in [0.25, 0.3) is 16.9 Å². The smallest absolute Gasteiger partial charge is 0.317 e. The van der Waals surface area contributed by atoms with E-state index < -0.39 is 23.8 Å². The number of aromatic nitrogens is 4. The second-order valence-corrected chi connectivity index (χ2v) is 6.34. The molecule has 5 nitrogen and oxygen atoms in total. The van der Waals surface area contributed by atoms with Crippen LogP contribution >= 0.6 is 0 Å². The number of rotatable bonds is 4. The van der Waals surface area contributed by atoms with Crippen molar-refractivity contribution >= 4 is 5.65 Å². The molecule has 3 aromatic rings. The van der Waals surface area contributed by atoms with Gasteiger partial charge >= 0.3 is 6.11 Å². The molecule has 0 aliphatic heterocycles. The van der Waals surface area contributed by atoms with Gasteiger partial charge in [-0.15, -0.1) is 10.2 Å². The van der Waals surface area contributed by atoms with Gasteiger partial charge in [0.05, 0.1) is 17.8 Å². The third-order valence-electron chi connectivity index (χ3n) is 4.56. The van der Waals surface area contributed by atoms with E-state index in [9.17, 15) is 17.6 Å². The summed E-state index contributed by atoms with van der Waals surface area (Å²) in [4.78, 5) is 4.22. The van der Waals surface area contributed by atoms with Gasteiger partial charge in [-0.25, -0.2) is 8.78 Å². The van der Waals surface area contributed by atoms with Crippen molar-refractivity contribution in [1.82, 2.24) is 19.6 Å². The van der Waals surface area contributed by atoms with Crippen molar-refractivity contribution in [2.75, 3.05) is 7.11 Å². The second kappa shape index (κ2) is 5.47. The van der Waals surface area contributed by atoms with Crippen molar-refractivity contribution in [3.8, 4) is 11.3 Å². The predicted molar refractivity (Wildman–Crippen MR) is 84.2 cm³/mol. The molecule has 0 unspecified atom stereocenters. The van der Waals surface area contributed by atoms with Crippen molar-refractivity contribution in [1.29, 1.82) is 0 Å². The highest BCUT2D eigenvalue weighted by Gasteiger charge is 2.57. The minimum atomic E-state index is -3.60. The zero-order valence-corrected chi connectivity index (χ0v) is 13.9. The molecule has 0 bridgehead atoms. The molecule has 0 spiro atoms. The van der Waals surface area contributed by atoms with Crippen LogP contribution in [0.1, 0.15) is 29.3 Å². The predicted octanol–water partition coefficient (Wildman–Crippen LogP) is 3.92. The number of nitrogens with zero attached hydrogens (tertiary/aromatic N) is 4. The lowest BCUT2D eigenvalue weighted by Crippen LogP contribution is -2.19. The monoisotopic (exact) mass is 366 g/mol. The first-order valence-electron chi connectivity index (χ1n) is 7.86. The number of methoxy groups -OCH3 is 1. The fourth-order valence-electron chi connectivity index (χ4n) is 3.00. The fourth-order valence-corrected chi connectivity index (χ4v) is 3.00. The average molecular weight is 366 g/mol. The van der Waals surface area contributed by atoms with E-state index in [1.807, 2.05) is 0 Å². The maximum atomic E-state index is 13.8. The Hall–Kier alpha value is -2.55. The van der Waals surface area contributed by atoms with E-state index >= 15 is 0 Å². The van der Waals surface area contributed by atoms with Crippen molar-refractivity contribution < 1.29 is 22.3 Å². The van der Waals surface area contributed by atoms with Crippen molar-refractivity contribution in [3.63, 3.8) is 0 Å². The first kappa shape index (κ1) is 16.9. The van der Waals surface area contributed by atoms with Gasteiger partial charge in [-0.3, -0.25) is 9.38 Å². The first-order chi connectivity index (χ1) is 12.2. The number of benzene rings is 1. The molecule has 1 aromatic carbocycles. The highest BCUT2D eigenvalue weighted by atomic mass is 19.3. The third-order valence-corrected chi connectivity index (χ3v) is 4.56. The summed E-state index contributed by atoms with van der Waals surface area (Å²) in [5, 5.41) is 7.13. The van der Waals surface area contributed by atoms with E-state index in [1.54, 1.807) is 25.1 Å². The summed E-state index contributed by atoms with van der Waals surface area (Å²) in [5.41, 5.74) is 2.49. The van der Waals surface area contributed by atoms with Gasteiger partial charge in [0.1, 0.15) is 0 Å². The molecule has 1 fully saturated rings. The van der Waals surface area contributed by atoms with Gasteiger partial charge in [0, 0.05) is 25.3 Å². The van der Waals surface area contributed by atoms with Crippen LogP contribution in [0.5, 0.6) is 0 Å². The lowest BCUT2D eigenvalue weighted by molar-refractivity contribution is -0.237. The minimum absolute atomic E-state index is 0.146. The molecule has 0 radical (unpaired) electrons. The van der Waals surface area contributed by atoms with Gasteiger partial charge in [-0.05, 0) is 18.1 Å². The quantitative estimate of drug-likeness (QED) is 0.657. The van der Waals surface area contributed by atoms with Crippen LogP contribution in [0.4, 0.5) is 17.6 Å². The summed E-state index contributed by atoms with van der Waals surface area (Å²) in [5.74, 6) is -4.06. The van der Waals surface area contributed by atoms with Crippen LogP contribution < -0.4 is 0 Å². The SMILES string of the molecule is COC(F)(F)c1nnc2cnc(-c3ccc([C@H]4CC4(F)F)cc3C)cn12. The minimum Gasteiger partial charge on any atom is -0.317 e.